The van der Waals surface area contributed by atoms with Crippen LogP contribution in [0.5, 0.6) is 0 Å². The summed E-state index contributed by atoms with van der Waals surface area (Å²) >= 11 is 0. The average Bonchev–Trinajstić information content (AvgIpc) is 1.63. The van der Waals surface area contributed by atoms with Crippen molar-refractivity contribution in [1.82, 2.24) is 0 Å². The van der Waals surface area contributed by atoms with Crippen LogP contribution in [0.3, 0.4) is 0 Å². The first kappa shape index (κ1) is 8.63. The Morgan fingerprint density at radius 3 is 2.11 bits per heavy atom. The zero-order valence-electron chi connectivity index (χ0n) is 6.22. The minimum absolute atomic E-state index is 0.135. The molecule has 2 nitrogen and oxygen atoms in total. The van der Waals surface area contributed by atoms with E-state index >= 15 is 0 Å². The first-order chi connectivity index (χ1) is 4.04. The number of rotatable bonds is 3. The molecule has 0 aromatic carbocycles. The molecule has 9 heavy (non-hydrogen) atoms. The molecular formula is C7H14O2. The second-order valence-electron chi connectivity index (χ2n) is 2.76. The van der Waals surface area contributed by atoms with Gasteiger partial charge in [-0.25, -0.2) is 0 Å². The summed E-state index contributed by atoms with van der Waals surface area (Å²) in [4.78, 5) is 10.4. The van der Waals surface area contributed by atoms with E-state index in [9.17, 15) is 4.79 Å². The molecule has 0 saturated carbocycles. The number of hydrogen-bond acceptors (Lipinski definition) is 2. The van der Waals surface area contributed by atoms with E-state index in [-0.39, 0.29) is 5.78 Å². The summed E-state index contributed by atoms with van der Waals surface area (Å²) in [5, 5.41) is 8.95. The highest BCUT2D eigenvalue weighted by Gasteiger charge is 2.10. The molecule has 54 valence electrons. The quantitative estimate of drug-likeness (QED) is 0.618. The molecule has 1 unspecified atom stereocenters. The summed E-state index contributed by atoms with van der Waals surface area (Å²) in [7, 11) is 0. The van der Waals surface area contributed by atoms with Crippen LogP contribution >= 0.6 is 0 Å². The first-order valence-corrected chi connectivity index (χ1v) is 3.22. The maximum Gasteiger partial charge on any atom is 0.158 e. The molecule has 2 heteroatoms. The summed E-state index contributed by atoms with van der Waals surface area (Å²) in [6.07, 6.45) is -0.167. The Labute approximate surface area is 55.9 Å². The predicted molar refractivity (Wildman–Crippen MR) is 36.1 cm³/mol. The summed E-state index contributed by atoms with van der Waals surface area (Å²) in [5.74, 6) is 0.257. The smallest absolute Gasteiger partial charge is 0.158 e. The number of Topliss-reactive ketones (excluding diaryl/α,β-unsaturated/α-hetero) is 1. The van der Waals surface area contributed by atoms with Crippen LogP contribution in [0.1, 0.15) is 27.2 Å². The minimum atomic E-state index is -0.745. The molecule has 1 atom stereocenters. The van der Waals surface area contributed by atoms with E-state index in [0.717, 1.165) is 0 Å². The molecule has 1 N–H and O–H groups in total. The van der Waals surface area contributed by atoms with Crippen LogP contribution < -0.4 is 0 Å². The van der Waals surface area contributed by atoms with Crippen LogP contribution in [-0.4, -0.2) is 17.0 Å². The third kappa shape index (κ3) is 4.15. The summed E-state index contributed by atoms with van der Waals surface area (Å²) in [6, 6.07) is 0. The molecule has 0 rings (SSSR count). The lowest BCUT2D eigenvalue weighted by atomic mass is 10.0. The second-order valence-corrected chi connectivity index (χ2v) is 2.76. The highest BCUT2D eigenvalue weighted by atomic mass is 16.3. The van der Waals surface area contributed by atoms with E-state index in [1.807, 2.05) is 13.8 Å². The molecule has 0 aromatic heterocycles. The van der Waals surface area contributed by atoms with Gasteiger partial charge in [0.15, 0.2) is 5.78 Å². The normalized spacial score (nSPS) is 13.9. The van der Waals surface area contributed by atoms with Crippen molar-refractivity contribution in [3.05, 3.63) is 0 Å². The van der Waals surface area contributed by atoms with E-state index in [4.69, 9.17) is 5.11 Å². The van der Waals surface area contributed by atoms with Crippen LogP contribution in [0.15, 0.2) is 0 Å². The van der Waals surface area contributed by atoms with Crippen LogP contribution in [0, 0.1) is 5.92 Å². The number of carbonyl (C=O) groups is 1. The van der Waals surface area contributed by atoms with Gasteiger partial charge in [0.2, 0.25) is 0 Å². The number of aliphatic hydroxyl groups is 1. The molecule has 0 spiro atoms. The van der Waals surface area contributed by atoms with Crippen molar-refractivity contribution >= 4 is 5.78 Å². The van der Waals surface area contributed by atoms with Gasteiger partial charge in [0, 0.05) is 0 Å². The van der Waals surface area contributed by atoms with Gasteiger partial charge in [0.25, 0.3) is 0 Å². The Balaban J connectivity index is 3.50. The van der Waals surface area contributed by atoms with Gasteiger partial charge >= 0.3 is 0 Å². The average molecular weight is 130 g/mol. The topological polar surface area (TPSA) is 37.3 Å². The Hall–Kier alpha value is -0.370. The van der Waals surface area contributed by atoms with E-state index in [1.165, 1.54) is 6.92 Å². The monoisotopic (exact) mass is 130 g/mol. The third-order valence-corrected chi connectivity index (χ3v) is 1.16. The highest BCUT2D eigenvalue weighted by molar-refractivity contribution is 5.80. The number of ketones is 1. The van der Waals surface area contributed by atoms with Gasteiger partial charge in [-0.1, -0.05) is 13.8 Å². The molecule has 0 aliphatic rings. The maximum atomic E-state index is 10.4. The molecule has 0 aromatic rings. The molecule has 0 bridgehead atoms. The van der Waals surface area contributed by atoms with Crippen LogP contribution in [0.4, 0.5) is 0 Å². The molecule has 0 radical (unpaired) electrons. The zero-order chi connectivity index (χ0) is 7.44. The van der Waals surface area contributed by atoms with E-state index in [1.54, 1.807) is 0 Å². The number of hydrogen-bond donors (Lipinski definition) is 1. The largest absolute Gasteiger partial charge is 0.385 e. The van der Waals surface area contributed by atoms with Gasteiger partial charge in [-0.05, 0) is 19.3 Å². The maximum absolute atomic E-state index is 10.4. The fourth-order valence-corrected chi connectivity index (χ4v) is 0.612. The van der Waals surface area contributed by atoms with Crippen molar-refractivity contribution in [3.8, 4) is 0 Å². The zero-order valence-corrected chi connectivity index (χ0v) is 6.22. The Morgan fingerprint density at radius 2 is 2.00 bits per heavy atom. The second kappa shape index (κ2) is 3.62. The fraction of sp³-hybridized carbons (Fsp3) is 0.857. The molecular weight excluding hydrogens is 116 g/mol. The summed E-state index contributed by atoms with van der Waals surface area (Å²) in [6.45, 7) is 5.37. The van der Waals surface area contributed by atoms with Crippen molar-refractivity contribution in [2.75, 3.05) is 0 Å². The van der Waals surface area contributed by atoms with E-state index in [2.05, 4.69) is 0 Å². The van der Waals surface area contributed by atoms with Crippen molar-refractivity contribution in [3.63, 3.8) is 0 Å². The van der Waals surface area contributed by atoms with E-state index in [0.29, 0.717) is 12.3 Å². The Kier molecular flexibility index (Phi) is 3.47. The van der Waals surface area contributed by atoms with Gasteiger partial charge in [-0.3, -0.25) is 4.79 Å². The first-order valence-electron chi connectivity index (χ1n) is 3.22. The van der Waals surface area contributed by atoms with Gasteiger partial charge in [-0.15, -0.1) is 0 Å². The lowest BCUT2D eigenvalue weighted by molar-refractivity contribution is -0.125. The SMILES string of the molecule is CC(=O)C(O)CC(C)C. The fourth-order valence-electron chi connectivity index (χ4n) is 0.612. The minimum Gasteiger partial charge on any atom is -0.385 e. The lowest BCUT2D eigenvalue weighted by Crippen LogP contribution is -2.18. The summed E-state index contributed by atoms with van der Waals surface area (Å²) < 4.78 is 0. The van der Waals surface area contributed by atoms with Crippen molar-refractivity contribution in [2.45, 2.75) is 33.3 Å². The van der Waals surface area contributed by atoms with Crippen LogP contribution in [0.2, 0.25) is 0 Å². The van der Waals surface area contributed by atoms with Crippen molar-refractivity contribution < 1.29 is 9.90 Å². The Morgan fingerprint density at radius 1 is 1.56 bits per heavy atom. The number of aliphatic hydroxyl groups excluding tert-OH is 1. The van der Waals surface area contributed by atoms with Gasteiger partial charge < -0.3 is 5.11 Å². The van der Waals surface area contributed by atoms with Crippen LogP contribution in [0.25, 0.3) is 0 Å². The Bertz CT molecular complexity index is 97.1. The lowest BCUT2D eigenvalue weighted by Gasteiger charge is -2.07. The summed E-state index contributed by atoms with van der Waals surface area (Å²) in [5.41, 5.74) is 0. The van der Waals surface area contributed by atoms with Crippen molar-refractivity contribution in [1.29, 1.82) is 0 Å². The van der Waals surface area contributed by atoms with Crippen molar-refractivity contribution in [2.24, 2.45) is 5.92 Å². The molecule has 0 aliphatic carbocycles. The van der Waals surface area contributed by atoms with Gasteiger partial charge in [-0.2, -0.15) is 0 Å². The van der Waals surface area contributed by atoms with E-state index < -0.39 is 6.10 Å². The molecule has 0 amide bonds. The van der Waals surface area contributed by atoms with Crippen LogP contribution in [-0.2, 0) is 4.79 Å². The molecule has 0 heterocycles. The molecule has 0 fully saturated rings. The number of carbonyl (C=O) groups excluding carboxylic acids is 1. The highest BCUT2D eigenvalue weighted by Crippen LogP contribution is 2.04. The van der Waals surface area contributed by atoms with Gasteiger partial charge in [0.05, 0.1) is 0 Å². The molecule has 0 saturated heterocycles. The molecule has 0 aliphatic heterocycles. The standard InChI is InChI=1S/C7H14O2/c1-5(2)4-7(9)6(3)8/h5,7,9H,4H2,1-3H3. The van der Waals surface area contributed by atoms with Gasteiger partial charge in [0.1, 0.15) is 6.10 Å². The predicted octanol–water partition coefficient (Wildman–Crippen LogP) is 0.982. The third-order valence-electron chi connectivity index (χ3n) is 1.16.